The van der Waals surface area contributed by atoms with Gasteiger partial charge in [-0.15, -0.1) is 0 Å². The number of ether oxygens (including phenoxy) is 1. The monoisotopic (exact) mass is 297 g/mol. The number of carbonyl (C=O) groups excluding carboxylic acids is 1. The lowest BCUT2D eigenvalue weighted by Gasteiger charge is -2.27. The summed E-state index contributed by atoms with van der Waals surface area (Å²) in [4.78, 5) is 14.5. The molecule has 0 aromatic heterocycles. The van der Waals surface area contributed by atoms with Crippen LogP contribution in [-0.2, 0) is 9.53 Å². The summed E-state index contributed by atoms with van der Waals surface area (Å²) in [5, 5.41) is 0. The fourth-order valence-electron chi connectivity index (χ4n) is 3.00. The van der Waals surface area contributed by atoms with E-state index in [0.717, 1.165) is 25.9 Å². The van der Waals surface area contributed by atoms with Gasteiger partial charge in [0, 0.05) is 0 Å². The molecule has 1 aliphatic rings. The zero-order valence-corrected chi connectivity index (χ0v) is 14.6. The van der Waals surface area contributed by atoms with Gasteiger partial charge in [0.2, 0.25) is 0 Å². The number of unbranched alkanes of at least 4 members (excludes halogenated alkanes) is 6. The van der Waals surface area contributed by atoms with E-state index in [4.69, 9.17) is 4.74 Å². The van der Waals surface area contributed by atoms with E-state index in [1.54, 1.807) is 0 Å². The Morgan fingerprint density at radius 3 is 2.33 bits per heavy atom. The van der Waals surface area contributed by atoms with Crippen LogP contribution in [0, 0.1) is 0 Å². The second kappa shape index (κ2) is 9.45. The standard InChI is InChI=1S/C18H35NO2/c1-5-6-7-8-9-10-11-14-19-15-12-13-16(19)17(20)21-18(2,3)4/h16H,5-15H2,1-4H3/t16-/m0/s1. The molecule has 1 atom stereocenters. The van der Waals surface area contributed by atoms with Gasteiger partial charge in [-0.1, -0.05) is 45.4 Å². The Bertz CT molecular complexity index is 296. The Kier molecular flexibility index (Phi) is 8.31. The van der Waals surface area contributed by atoms with Crippen molar-refractivity contribution in [3.05, 3.63) is 0 Å². The third-order valence-electron chi connectivity index (χ3n) is 4.09. The molecule has 0 bridgehead atoms. The number of carbonyl (C=O) groups is 1. The third-order valence-corrected chi connectivity index (χ3v) is 4.09. The van der Waals surface area contributed by atoms with Gasteiger partial charge in [0.1, 0.15) is 11.6 Å². The minimum atomic E-state index is -0.370. The summed E-state index contributed by atoms with van der Waals surface area (Å²) in [7, 11) is 0. The van der Waals surface area contributed by atoms with Gasteiger partial charge in [-0.05, 0) is 53.1 Å². The van der Waals surface area contributed by atoms with Crippen LogP contribution in [0.2, 0.25) is 0 Å². The number of hydrogen-bond donors (Lipinski definition) is 0. The molecule has 0 aliphatic carbocycles. The highest BCUT2D eigenvalue weighted by Gasteiger charge is 2.33. The summed E-state index contributed by atoms with van der Waals surface area (Å²) < 4.78 is 5.54. The molecule has 21 heavy (non-hydrogen) atoms. The van der Waals surface area contributed by atoms with Crippen molar-refractivity contribution in [1.82, 2.24) is 4.90 Å². The molecule has 1 fully saturated rings. The molecule has 3 heteroatoms. The predicted molar refractivity (Wildman–Crippen MR) is 88.4 cm³/mol. The molecule has 124 valence electrons. The molecule has 0 spiro atoms. The smallest absolute Gasteiger partial charge is 0.323 e. The van der Waals surface area contributed by atoms with Crippen molar-refractivity contribution in [2.45, 2.75) is 97.1 Å². The summed E-state index contributed by atoms with van der Waals surface area (Å²) in [6, 6.07) is 0.00400. The molecule has 1 heterocycles. The normalized spacial score (nSPS) is 19.9. The van der Waals surface area contributed by atoms with Crippen molar-refractivity contribution in [2.75, 3.05) is 13.1 Å². The second-order valence-electron chi connectivity index (χ2n) is 7.35. The number of nitrogens with zero attached hydrogens (tertiary/aromatic N) is 1. The summed E-state index contributed by atoms with van der Waals surface area (Å²) >= 11 is 0. The van der Waals surface area contributed by atoms with Crippen molar-refractivity contribution in [3.63, 3.8) is 0 Å². The first-order valence-electron chi connectivity index (χ1n) is 8.91. The van der Waals surface area contributed by atoms with Gasteiger partial charge in [-0.25, -0.2) is 0 Å². The number of rotatable bonds is 9. The van der Waals surface area contributed by atoms with Gasteiger partial charge >= 0.3 is 5.97 Å². The van der Waals surface area contributed by atoms with Crippen LogP contribution in [0.25, 0.3) is 0 Å². The van der Waals surface area contributed by atoms with E-state index in [-0.39, 0.29) is 17.6 Å². The van der Waals surface area contributed by atoms with Gasteiger partial charge in [0.25, 0.3) is 0 Å². The molecule has 0 N–H and O–H groups in total. The highest BCUT2D eigenvalue weighted by molar-refractivity contribution is 5.76. The largest absolute Gasteiger partial charge is 0.459 e. The van der Waals surface area contributed by atoms with Crippen LogP contribution in [0.3, 0.4) is 0 Å². The van der Waals surface area contributed by atoms with Crippen molar-refractivity contribution in [1.29, 1.82) is 0 Å². The van der Waals surface area contributed by atoms with E-state index in [9.17, 15) is 4.79 Å². The van der Waals surface area contributed by atoms with Gasteiger partial charge in [0.15, 0.2) is 0 Å². The summed E-state index contributed by atoms with van der Waals surface area (Å²) in [6.07, 6.45) is 11.4. The molecular weight excluding hydrogens is 262 g/mol. The van der Waals surface area contributed by atoms with Crippen LogP contribution in [0.4, 0.5) is 0 Å². The molecule has 0 unspecified atom stereocenters. The van der Waals surface area contributed by atoms with Gasteiger partial charge < -0.3 is 4.74 Å². The van der Waals surface area contributed by atoms with Crippen molar-refractivity contribution in [2.24, 2.45) is 0 Å². The SMILES string of the molecule is CCCCCCCCCN1CCC[C@H]1C(=O)OC(C)(C)C. The average molecular weight is 297 g/mol. The van der Waals surface area contributed by atoms with Crippen LogP contribution in [0.5, 0.6) is 0 Å². The van der Waals surface area contributed by atoms with Gasteiger partial charge in [-0.2, -0.15) is 0 Å². The summed E-state index contributed by atoms with van der Waals surface area (Å²) in [5.41, 5.74) is -0.370. The fourth-order valence-corrected chi connectivity index (χ4v) is 3.00. The van der Waals surface area contributed by atoms with E-state index in [1.165, 1.54) is 44.9 Å². The van der Waals surface area contributed by atoms with Crippen LogP contribution < -0.4 is 0 Å². The third kappa shape index (κ3) is 7.85. The molecule has 0 amide bonds. The van der Waals surface area contributed by atoms with Crippen molar-refractivity contribution in [3.8, 4) is 0 Å². The lowest BCUT2D eigenvalue weighted by molar-refractivity contribution is -0.160. The molecule has 0 saturated carbocycles. The minimum Gasteiger partial charge on any atom is -0.459 e. The Balaban J connectivity index is 2.20. The predicted octanol–water partition coefficient (Wildman–Crippen LogP) is 4.54. The van der Waals surface area contributed by atoms with E-state index in [2.05, 4.69) is 11.8 Å². The number of hydrogen-bond acceptors (Lipinski definition) is 3. The maximum atomic E-state index is 12.2. The summed E-state index contributed by atoms with van der Waals surface area (Å²) in [6.45, 7) is 10.2. The fraction of sp³-hybridized carbons (Fsp3) is 0.944. The maximum absolute atomic E-state index is 12.2. The quantitative estimate of drug-likeness (QED) is 0.462. The first-order chi connectivity index (χ1) is 9.94. The summed E-state index contributed by atoms with van der Waals surface area (Å²) in [5.74, 6) is -0.0251. The highest BCUT2D eigenvalue weighted by atomic mass is 16.6. The lowest BCUT2D eigenvalue weighted by atomic mass is 10.1. The number of esters is 1. The molecule has 1 aliphatic heterocycles. The Morgan fingerprint density at radius 1 is 1.10 bits per heavy atom. The van der Waals surface area contributed by atoms with E-state index < -0.39 is 0 Å². The zero-order chi connectivity index (χ0) is 15.7. The molecule has 3 nitrogen and oxygen atoms in total. The first-order valence-corrected chi connectivity index (χ1v) is 8.91. The van der Waals surface area contributed by atoms with Crippen LogP contribution in [-0.4, -0.2) is 35.6 Å². The van der Waals surface area contributed by atoms with Gasteiger partial charge in [0.05, 0.1) is 0 Å². The molecule has 1 saturated heterocycles. The molecule has 0 radical (unpaired) electrons. The lowest BCUT2D eigenvalue weighted by Crippen LogP contribution is -2.40. The van der Waals surface area contributed by atoms with Crippen molar-refractivity contribution >= 4 is 5.97 Å². The molecule has 0 aromatic carbocycles. The van der Waals surface area contributed by atoms with E-state index in [0.29, 0.717) is 0 Å². The molecule has 1 rings (SSSR count). The highest BCUT2D eigenvalue weighted by Crippen LogP contribution is 2.21. The molecule has 0 aromatic rings. The first kappa shape index (κ1) is 18.5. The topological polar surface area (TPSA) is 29.5 Å². The van der Waals surface area contributed by atoms with Crippen LogP contribution in [0.15, 0.2) is 0 Å². The number of likely N-dealkylation sites (tertiary alicyclic amines) is 1. The van der Waals surface area contributed by atoms with Crippen LogP contribution >= 0.6 is 0 Å². The van der Waals surface area contributed by atoms with E-state index >= 15 is 0 Å². The van der Waals surface area contributed by atoms with Gasteiger partial charge in [-0.3, -0.25) is 9.69 Å². The van der Waals surface area contributed by atoms with E-state index in [1.807, 2.05) is 20.8 Å². The Labute approximate surface area is 131 Å². The Morgan fingerprint density at radius 2 is 1.71 bits per heavy atom. The molecular formula is C18H35NO2. The zero-order valence-electron chi connectivity index (χ0n) is 14.6. The van der Waals surface area contributed by atoms with Crippen LogP contribution in [0.1, 0.15) is 85.5 Å². The average Bonchev–Trinajstić information content (AvgIpc) is 2.84. The minimum absolute atomic E-state index is 0.00400. The van der Waals surface area contributed by atoms with Crippen molar-refractivity contribution < 1.29 is 9.53 Å². The second-order valence-corrected chi connectivity index (χ2v) is 7.35. The maximum Gasteiger partial charge on any atom is 0.323 e. The Hall–Kier alpha value is -0.570.